The molecule has 1 fully saturated rings. The molecule has 212 valence electrons. The van der Waals surface area contributed by atoms with Gasteiger partial charge in [0, 0.05) is 35.8 Å². The van der Waals surface area contributed by atoms with Gasteiger partial charge in [-0.3, -0.25) is 0 Å². The van der Waals surface area contributed by atoms with Crippen LogP contribution in [-0.2, 0) is 9.47 Å². The first kappa shape index (κ1) is 27.5. The third-order valence-electron chi connectivity index (χ3n) is 6.61. The summed E-state index contributed by atoms with van der Waals surface area (Å²) >= 11 is 0. The normalized spacial score (nSPS) is 14.5. The lowest BCUT2D eigenvalue weighted by molar-refractivity contribution is -0.0178. The van der Waals surface area contributed by atoms with E-state index in [0.717, 1.165) is 29.4 Å². The number of carbonyl (C=O) groups is 1. The van der Waals surface area contributed by atoms with Crippen molar-refractivity contribution in [3.63, 3.8) is 0 Å². The number of piperidine rings is 1. The lowest BCUT2D eigenvalue weighted by Crippen LogP contribution is -2.43. The molecule has 5 rings (SSSR count). The fourth-order valence-electron chi connectivity index (χ4n) is 4.72. The molecule has 0 spiro atoms. The van der Waals surface area contributed by atoms with Gasteiger partial charge >= 0.3 is 6.09 Å². The number of amides is 1. The minimum atomic E-state index is -0.497. The van der Waals surface area contributed by atoms with E-state index in [1.54, 1.807) is 12.0 Å². The summed E-state index contributed by atoms with van der Waals surface area (Å²) in [5.41, 5.74) is 2.32. The number of hydrogen-bond acceptors (Lipinski definition) is 8. The number of H-pyrrole nitrogens is 1. The molecule has 0 saturated carbocycles. The zero-order valence-corrected chi connectivity index (χ0v) is 23.7. The van der Waals surface area contributed by atoms with Crippen molar-refractivity contribution in [2.45, 2.75) is 52.2 Å². The smallest absolute Gasteiger partial charge is 0.410 e. The highest BCUT2D eigenvalue weighted by molar-refractivity contribution is 5.87. The minimum Gasteiger partial charge on any atom is -0.493 e. The molecule has 1 aliphatic heterocycles. The predicted molar refractivity (Wildman–Crippen MR) is 151 cm³/mol. The number of aromatic nitrogens is 3. The average Bonchev–Trinajstić information content (AvgIpc) is 3.29. The quantitative estimate of drug-likeness (QED) is 0.267. The Hall–Kier alpha value is -4.05. The van der Waals surface area contributed by atoms with Crippen LogP contribution in [0.25, 0.3) is 21.8 Å². The molecule has 0 radical (unpaired) electrons. The number of likely N-dealkylation sites (tertiary alicyclic amines) is 1. The Morgan fingerprint density at radius 1 is 1.05 bits per heavy atom. The van der Waals surface area contributed by atoms with E-state index in [4.69, 9.17) is 23.7 Å². The van der Waals surface area contributed by atoms with Crippen molar-refractivity contribution < 1.29 is 28.5 Å². The van der Waals surface area contributed by atoms with Crippen molar-refractivity contribution >= 4 is 27.9 Å². The second-order valence-corrected chi connectivity index (χ2v) is 10.9. The molecule has 1 amide bonds. The van der Waals surface area contributed by atoms with Crippen molar-refractivity contribution in [1.82, 2.24) is 19.9 Å². The zero-order valence-electron chi connectivity index (χ0n) is 23.7. The number of methoxy groups -OCH3 is 1. The molecule has 2 aromatic carbocycles. The molecule has 0 unspecified atom stereocenters. The van der Waals surface area contributed by atoms with Crippen LogP contribution < -0.4 is 14.2 Å². The van der Waals surface area contributed by atoms with Gasteiger partial charge in [-0.1, -0.05) is 0 Å². The van der Waals surface area contributed by atoms with Crippen molar-refractivity contribution in [2.24, 2.45) is 0 Å². The second-order valence-electron chi connectivity index (χ2n) is 10.9. The number of aryl methyl sites for hydroxylation is 1. The fraction of sp³-hybridized carbons (Fsp3) is 0.433. The van der Waals surface area contributed by atoms with Crippen LogP contribution in [0.15, 0.2) is 42.7 Å². The summed E-state index contributed by atoms with van der Waals surface area (Å²) in [4.78, 5) is 26.1. The Bertz CT molecular complexity index is 1490. The molecule has 0 aliphatic carbocycles. The number of aromatic amines is 1. The molecular weight excluding hydrogens is 512 g/mol. The van der Waals surface area contributed by atoms with Crippen LogP contribution in [0.2, 0.25) is 0 Å². The second kappa shape index (κ2) is 11.6. The molecular formula is C30H36N4O6. The van der Waals surface area contributed by atoms with E-state index in [1.807, 2.05) is 58.0 Å². The van der Waals surface area contributed by atoms with Crippen molar-refractivity contribution in [3.05, 3.63) is 48.4 Å². The molecule has 3 heterocycles. The number of nitrogens with zero attached hydrogens (tertiary/aromatic N) is 3. The van der Waals surface area contributed by atoms with Gasteiger partial charge < -0.3 is 33.6 Å². The Labute approximate surface area is 233 Å². The summed E-state index contributed by atoms with van der Waals surface area (Å²) in [5, 5.41) is 1.78. The lowest BCUT2D eigenvalue weighted by atomic mass is 10.1. The summed E-state index contributed by atoms with van der Waals surface area (Å²) in [6, 6.07) is 11.6. The molecule has 0 bridgehead atoms. The largest absolute Gasteiger partial charge is 0.493 e. The van der Waals surface area contributed by atoms with E-state index in [0.29, 0.717) is 60.3 Å². The maximum atomic E-state index is 12.3. The van der Waals surface area contributed by atoms with Gasteiger partial charge in [0.15, 0.2) is 11.5 Å². The Kier molecular flexibility index (Phi) is 7.97. The molecule has 4 aromatic rings. The lowest BCUT2D eigenvalue weighted by Gasteiger charge is -2.33. The highest BCUT2D eigenvalue weighted by Gasteiger charge is 2.27. The van der Waals surface area contributed by atoms with Gasteiger partial charge in [0.1, 0.15) is 24.3 Å². The molecule has 0 atom stereocenters. The molecule has 1 aliphatic rings. The predicted octanol–water partition coefficient (Wildman–Crippen LogP) is 6.02. The summed E-state index contributed by atoms with van der Waals surface area (Å²) in [7, 11) is 1.59. The molecule has 2 aromatic heterocycles. The van der Waals surface area contributed by atoms with E-state index in [2.05, 4.69) is 21.0 Å². The van der Waals surface area contributed by atoms with Crippen LogP contribution in [0.3, 0.4) is 0 Å². The molecule has 40 heavy (non-hydrogen) atoms. The van der Waals surface area contributed by atoms with Crippen molar-refractivity contribution in [3.8, 4) is 23.1 Å². The summed E-state index contributed by atoms with van der Waals surface area (Å²) in [6.45, 7) is 9.62. The third kappa shape index (κ3) is 6.56. The van der Waals surface area contributed by atoms with Gasteiger partial charge in [-0.05, 0) is 70.9 Å². The Morgan fingerprint density at radius 2 is 1.85 bits per heavy atom. The van der Waals surface area contributed by atoms with Crippen molar-refractivity contribution in [1.29, 1.82) is 0 Å². The van der Waals surface area contributed by atoms with Gasteiger partial charge in [-0.25, -0.2) is 14.8 Å². The summed E-state index contributed by atoms with van der Waals surface area (Å²) in [6.07, 6.45) is 2.79. The SMILES string of the molecule is COc1cc2c(Oc3ccc4[nH]c(C)cc4c3)ncnc2cc1OCCOC1CCN(C(=O)OC(C)(C)C)CC1. The number of hydrogen-bond donors (Lipinski definition) is 1. The molecule has 10 nitrogen and oxygen atoms in total. The zero-order chi connectivity index (χ0) is 28.3. The molecule has 1 N–H and O–H groups in total. The van der Waals surface area contributed by atoms with Gasteiger partial charge in [0.05, 0.1) is 30.7 Å². The minimum absolute atomic E-state index is 0.0719. The number of rotatable bonds is 8. The standard InChI is InChI=1S/C30H36N4O6/c1-19-14-20-15-22(6-7-24(20)33-19)39-28-23-16-26(36-5)27(17-25(23)31-18-32-28)38-13-12-37-21-8-10-34(11-9-21)29(35)40-30(2,3)4/h6-7,14-18,21,33H,8-13H2,1-5H3. The third-order valence-corrected chi connectivity index (χ3v) is 6.61. The number of nitrogens with one attached hydrogen (secondary N) is 1. The van der Waals surface area contributed by atoms with E-state index in [1.165, 1.54) is 6.33 Å². The maximum Gasteiger partial charge on any atom is 0.410 e. The van der Waals surface area contributed by atoms with Crippen LogP contribution in [0.4, 0.5) is 4.79 Å². The first-order valence-corrected chi connectivity index (χ1v) is 13.5. The highest BCUT2D eigenvalue weighted by atomic mass is 16.6. The van der Waals surface area contributed by atoms with Gasteiger partial charge in [-0.15, -0.1) is 0 Å². The first-order chi connectivity index (χ1) is 19.2. The highest BCUT2D eigenvalue weighted by Crippen LogP contribution is 2.36. The van der Waals surface area contributed by atoms with Crippen LogP contribution in [-0.4, -0.2) is 71.1 Å². The van der Waals surface area contributed by atoms with E-state index in [9.17, 15) is 4.79 Å². The first-order valence-electron chi connectivity index (χ1n) is 13.5. The van der Waals surface area contributed by atoms with Crippen LogP contribution >= 0.6 is 0 Å². The average molecular weight is 549 g/mol. The topological polar surface area (TPSA) is 108 Å². The Morgan fingerprint density at radius 3 is 2.60 bits per heavy atom. The van der Waals surface area contributed by atoms with Gasteiger partial charge in [-0.2, -0.15) is 0 Å². The number of carbonyl (C=O) groups excluding carboxylic acids is 1. The Balaban J connectivity index is 1.18. The number of ether oxygens (including phenoxy) is 5. The summed E-state index contributed by atoms with van der Waals surface area (Å²) < 4.78 is 29.2. The van der Waals surface area contributed by atoms with Gasteiger partial charge in [0.25, 0.3) is 0 Å². The van der Waals surface area contributed by atoms with Crippen molar-refractivity contribution in [2.75, 3.05) is 33.4 Å². The molecule has 1 saturated heterocycles. The van der Waals surface area contributed by atoms with E-state index < -0.39 is 5.60 Å². The van der Waals surface area contributed by atoms with Crippen LogP contribution in [0.5, 0.6) is 23.1 Å². The fourth-order valence-corrected chi connectivity index (χ4v) is 4.72. The van der Waals surface area contributed by atoms with E-state index >= 15 is 0 Å². The van der Waals surface area contributed by atoms with Crippen LogP contribution in [0, 0.1) is 6.92 Å². The summed E-state index contributed by atoms with van der Waals surface area (Å²) in [5.74, 6) is 2.23. The number of benzene rings is 2. The maximum absolute atomic E-state index is 12.3. The van der Waals surface area contributed by atoms with E-state index in [-0.39, 0.29) is 12.2 Å². The van der Waals surface area contributed by atoms with Gasteiger partial charge in [0.2, 0.25) is 5.88 Å². The van der Waals surface area contributed by atoms with Crippen LogP contribution in [0.1, 0.15) is 39.3 Å². The number of fused-ring (bicyclic) bond motifs is 2. The molecule has 10 heteroatoms. The monoisotopic (exact) mass is 548 g/mol.